The molecule has 0 aromatic heterocycles. The minimum Gasteiger partial charge on any atom is -0.391 e. The number of sulfonamides is 1. The summed E-state index contributed by atoms with van der Waals surface area (Å²) in [6, 6.07) is 6.90. The molecule has 1 aromatic carbocycles. The predicted molar refractivity (Wildman–Crippen MR) is 78.4 cm³/mol. The molecule has 4 N–H and O–H groups in total. The Bertz CT molecular complexity index is 545. The topological polar surface area (TPSA) is 92.4 Å². The number of hydrogen-bond donors (Lipinski definition) is 3. The second-order valence-corrected chi connectivity index (χ2v) is 7.11. The van der Waals surface area contributed by atoms with Crippen molar-refractivity contribution in [3.8, 4) is 0 Å². The van der Waals surface area contributed by atoms with E-state index in [2.05, 4.69) is 4.72 Å². The smallest absolute Gasteiger partial charge is 0.216 e. The van der Waals surface area contributed by atoms with Gasteiger partial charge in [0.25, 0.3) is 0 Å². The van der Waals surface area contributed by atoms with E-state index in [-0.39, 0.29) is 11.8 Å². The van der Waals surface area contributed by atoms with Crippen molar-refractivity contribution in [2.75, 3.05) is 0 Å². The van der Waals surface area contributed by atoms with E-state index in [1.54, 1.807) is 12.1 Å². The molecule has 0 heterocycles. The molecule has 5 nitrogen and oxygen atoms in total. The Kier molecular flexibility index (Phi) is 5.15. The van der Waals surface area contributed by atoms with E-state index < -0.39 is 16.1 Å². The van der Waals surface area contributed by atoms with Crippen LogP contribution in [0.2, 0.25) is 0 Å². The summed E-state index contributed by atoms with van der Waals surface area (Å²) in [5, 5.41) is 9.84. The van der Waals surface area contributed by atoms with E-state index in [1.165, 1.54) is 0 Å². The summed E-state index contributed by atoms with van der Waals surface area (Å²) in [5.41, 5.74) is 7.18. The Morgan fingerprint density at radius 1 is 1.25 bits per heavy atom. The summed E-state index contributed by atoms with van der Waals surface area (Å²) in [4.78, 5) is 0. The molecule has 0 radical (unpaired) electrons. The molecule has 0 spiro atoms. The van der Waals surface area contributed by atoms with Crippen molar-refractivity contribution in [2.45, 2.75) is 50.1 Å². The standard InChI is InChI=1S/C14H22N2O3S/c15-9-11-4-3-5-12(8-11)10-20(18,19)16-13-6-1-2-7-14(13)17/h3-5,8,13-14,16-17H,1-2,6-7,9-10,15H2. The number of aliphatic hydroxyl groups excluding tert-OH is 1. The zero-order valence-corrected chi connectivity index (χ0v) is 12.3. The average molecular weight is 298 g/mol. The lowest BCUT2D eigenvalue weighted by Gasteiger charge is -2.28. The first-order chi connectivity index (χ1) is 9.50. The second kappa shape index (κ2) is 6.67. The third-order valence-corrected chi connectivity index (χ3v) is 5.02. The molecule has 1 aromatic rings. The van der Waals surface area contributed by atoms with Crippen LogP contribution < -0.4 is 10.5 Å². The molecule has 0 amide bonds. The van der Waals surface area contributed by atoms with Gasteiger partial charge in [0.05, 0.1) is 11.9 Å². The third-order valence-electron chi connectivity index (χ3n) is 3.64. The molecule has 1 saturated carbocycles. The number of benzene rings is 1. The monoisotopic (exact) mass is 298 g/mol. The van der Waals surface area contributed by atoms with Crippen molar-refractivity contribution in [3.63, 3.8) is 0 Å². The van der Waals surface area contributed by atoms with Crippen LogP contribution in [0.5, 0.6) is 0 Å². The highest BCUT2D eigenvalue weighted by molar-refractivity contribution is 7.88. The summed E-state index contributed by atoms with van der Waals surface area (Å²) < 4.78 is 26.9. The summed E-state index contributed by atoms with van der Waals surface area (Å²) in [5.74, 6) is -0.0793. The van der Waals surface area contributed by atoms with Gasteiger partial charge in [-0.2, -0.15) is 0 Å². The minimum atomic E-state index is -3.44. The fourth-order valence-electron chi connectivity index (χ4n) is 2.59. The molecule has 0 bridgehead atoms. The molecule has 20 heavy (non-hydrogen) atoms. The van der Waals surface area contributed by atoms with Crippen LogP contribution in [0.25, 0.3) is 0 Å². The van der Waals surface area contributed by atoms with Crippen molar-refractivity contribution in [1.29, 1.82) is 0 Å². The summed E-state index contributed by atoms with van der Waals surface area (Å²) in [7, 11) is -3.44. The van der Waals surface area contributed by atoms with Gasteiger partial charge in [-0.25, -0.2) is 13.1 Å². The maximum Gasteiger partial charge on any atom is 0.216 e. The van der Waals surface area contributed by atoms with Gasteiger partial charge in [0.1, 0.15) is 0 Å². The molecule has 2 atom stereocenters. The fourth-order valence-corrected chi connectivity index (χ4v) is 4.02. The van der Waals surface area contributed by atoms with Gasteiger partial charge in [-0.15, -0.1) is 0 Å². The number of nitrogens with one attached hydrogen (secondary N) is 1. The van der Waals surface area contributed by atoms with Crippen LogP contribution in [0.1, 0.15) is 36.8 Å². The Hall–Kier alpha value is -0.950. The van der Waals surface area contributed by atoms with Crippen molar-refractivity contribution in [3.05, 3.63) is 35.4 Å². The van der Waals surface area contributed by atoms with E-state index in [0.717, 1.165) is 18.4 Å². The highest BCUT2D eigenvalue weighted by Crippen LogP contribution is 2.19. The highest BCUT2D eigenvalue weighted by atomic mass is 32.2. The maximum absolute atomic E-state index is 12.2. The van der Waals surface area contributed by atoms with Gasteiger partial charge < -0.3 is 10.8 Å². The van der Waals surface area contributed by atoms with E-state index in [4.69, 9.17) is 5.73 Å². The van der Waals surface area contributed by atoms with Crippen molar-refractivity contribution >= 4 is 10.0 Å². The highest BCUT2D eigenvalue weighted by Gasteiger charge is 2.27. The van der Waals surface area contributed by atoms with Crippen LogP contribution in [0.3, 0.4) is 0 Å². The lowest BCUT2D eigenvalue weighted by molar-refractivity contribution is 0.101. The molecule has 0 aliphatic heterocycles. The molecular formula is C14H22N2O3S. The maximum atomic E-state index is 12.2. The average Bonchev–Trinajstić information content (AvgIpc) is 2.41. The van der Waals surface area contributed by atoms with Gasteiger partial charge >= 0.3 is 0 Å². The van der Waals surface area contributed by atoms with Crippen molar-refractivity contribution < 1.29 is 13.5 Å². The van der Waals surface area contributed by atoms with Crippen molar-refractivity contribution in [2.24, 2.45) is 5.73 Å². The van der Waals surface area contributed by atoms with Crippen LogP contribution in [0, 0.1) is 0 Å². The van der Waals surface area contributed by atoms with E-state index >= 15 is 0 Å². The Balaban J connectivity index is 2.02. The molecule has 6 heteroatoms. The van der Waals surface area contributed by atoms with Crippen LogP contribution in [0.15, 0.2) is 24.3 Å². The molecule has 2 unspecified atom stereocenters. The van der Waals surface area contributed by atoms with Gasteiger partial charge in [0.2, 0.25) is 10.0 Å². The first kappa shape index (κ1) is 15.4. The van der Waals surface area contributed by atoms with Crippen LogP contribution >= 0.6 is 0 Å². The van der Waals surface area contributed by atoms with Gasteiger partial charge in [-0.1, -0.05) is 37.1 Å². The molecule has 1 fully saturated rings. The van der Waals surface area contributed by atoms with Gasteiger partial charge in [-0.3, -0.25) is 0 Å². The lowest BCUT2D eigenvalue weighted by atomic mass is 9.93. The van der Waals surface area contributed by atoms with E-state index in [0.29, 0.717) is 24.9 Å². The number of rotatable bonds is 5. The Labute approximate surface area is 120 Å². The molecule has 1 aliphatic carbocycles. The summed E-state index contributed by atoms with van der Waals surface area (Å²) in [6.45, 7) is 0.392. The SMILES string of the molecule is NCc1cccc(CS(=O)(=O)NC2CCCCC2O)c1. The largest absolute Gasteiger partial charge is 0.391 e. The first-order valence-corrected chi connectivity index (χ1v) is 8.61. The predicted octanol–water partition coefficient (Wildman–Crippen LogP) is 0.868. The number of hydrogen-bond acceptors (Lipinski definition) is 4. The van der Waals surface area contributed by atoms with E-state index in [9.17, 15) is 13.5 Å². The summed E-state index contributed by atoms with van der Waals surface area (Å²) >= 11 is 0. The molecular weight excluding hydrogens is 276 g/mol. The molecule has 112 valence electrons. The lowest BCUT2D eigenvalue weighted by Crippen LogP contribution is -2.45. The van der Waals surface area contributed by atoms with Crippen LogP contribution in [-0.4, -0.2) is 25.7 Å². The molecule has 1 aliphatic rings. The van der Waals surface area contributed by atoms with E-state index in [1.807, 2.05) is 12.1 Å². The second-order valence-electron chi connectivity index (χ2n) is 5.36. The van der Waals surface area contributed by atoms with Crippen molar-refractivity contribution in [1.82, 2.24) is 4.72 Å². The number of nitrogens with two attached hydrogens (primary N) is 1. The quantitative estimate of drug-likeness (QED) is 0.752. The Morgan fingerprint density at radius 2 is 1.95 bits per heavy atom. The molecule has 2 rings (SSSR count). The Morgan fingerprint density at radius 3 is 2.65 bits per heavy atom. The first-order valence-electron chi connectivity index (χ1n) is 6.96. The van der Waals surface area contributed by atoms with Gasteiger partial charge in [0, 0.05) is 12.6 Å². The van der Waals surface area contributed by atoms with Gasteiger partial charge in [-0.05, 0) is 24.0 Å². The van der Waals surface area contributed by atoms with Gasteiger partial charge in [0.15, 0.2) is 0 Å². The van der Waals surface area contributed by atoms with Crippen LogP contribution in [-0.2, 0) is 22.3 Å². The molecule has 0 saturated heterocycles. The zero-order valence-electron chi connectivity index (χ0n) is 11.5. The fraction of sp³-hybridized carbons (Fsp3) is 0.571. The minimum absolute atomic E-state index is 0.0793. The number of aliphatic hydroxyl groups is 1. The zero-order chi connectivity index (χ0) is 14.6. The summed E-state index contributed by atoms with van der Waals surface area (Å²) in [6.07, 6.45) is 2.69. The van der Waals surface area contributed by atoms with Crippen LogP contribution in [0.4, 0.5) is 0 Å². The third kappa shape index (κ3) is 4.28. The normalized spacial score (nSPS) is 23.7.